The highest BCUT2D eigenvalue weighted by Crippen LogP contribution is 2.38. The van der Waals surface area contributed by atoms with Crippen LogP contribution in [0.3, 0.4) is 0 Å². The molecule has 6 heteroatoms. The van der Waals surface area contributed by atoms with Gasteiger partial charge >= 0.3 is 5.97 Å². The fourth-order valence-corrected chi connectivity index (χ4v) is 3.57. The van der Waals surface area contributed by atoms with Gasteiger partial charge < -0.3 is 10.5 Å². The third-order valence-electron chi connectivity index (χ3n) is 4.97. The van der Waals surface area contributed by atoms with Gasteiger partial charge in [-0.2, -0.15) is 0 Å². The fourth-order valence-electron chi connectivity index (χ4n) is 3.57. The smallest absolute Gasteiger partial charge is 0.360 e. The van der Waals surface area contributed by atoms with Gasteiger partial charge in [-0.3, -0.25) is 0 Å². The molecule has 2 N–H and O–H groups in total. The first-order valence-electron chi connectivity index (χ1n) is 9.48. The Morgan fingerprint density at radius 1 is 1.07 bits per heavy atom. The lowest BCUT2D eigenvalue weighted by Crippen LogP contribution is -2.54. The fraction of sp³-hybridized carbons (Fsp3) is 0.318. The summed E-state index contributed by atoms with van der Waals surface area (Å²) in [6.45, 7) is 6.19. The summed E-state index contributed by atoms with van der Waals surface area (Å²) < 4.78 is 6.79. The maximum atomic E-state index is 12.2. The van der Waals surface area contributed by atoms with Crippen LogP contribution in [0.4, 0.5) is 0 Å². The highest BCUT2D eigenvalue weighted by Gasteiger charge is 2.45. The molecule has 0 aliphatic carbocycles. The molecule has 6 nitrogen and oxygen atoms in total. The van der Waals surface area contributed by atoms with Crippen LogP contribution in [0.5, 0.6) is 0 Å². The van der Waals surface area contributed by atoms with E-state index in [-0.39, 0.29) is 24.3 Å². The van der Waals surface area contributed by atoms with Gasteiger partial charge in [0, 0.05) is 6.04 Å². The van der Waals surface area contributed by atoms with Crippen molar-refractivity contribution in [1.29, 1.82) is 0 Å². The molecule has 0 unspecified atom stereocenters. The van der Waals surface area contributed by atoms with Crippen LogP contribution in [-0.4, -0.2) is 33.6 Å². The van der Waals surface area contributed by atoms with E-state index in [1.54, 1.807) is 17.8 Å². The standard InChI is InChI=1S/C22H26N4O2/c1-4-28-21(27)19-15-26(25-24-19)22(20(23)16(2)3,17-11-7-5-8-12-17)18-13-9-6-10-14-18/h5-16,20H,4,23H2,1-3H3/t20-/m0/s1. The van der Waals surface area contributed by atoms with E-state index < -0.39 is 11.5 Å². The normalized spacial score (nSPS) is 12.8. The molecule has 3 rings (SSSR count). The molecule has 0 bridgehead atoms. The Morgan fingerprint density at radius 3 is 2.07 bits per heavy atom. The Morgan fingerprint density at radius 2 is 1.61 bits per heavy atom. The molecule has 0 amide bonds. The predicted octanol–water partition coefficient (Wildman–Crippen LogP) is 3.23. The minimum absolute atomic E-state index is 0.135. The number of carbonyl (C=O) groups excluding carboxylic acids is 1. The Hall–Kier alpha value is -2.99. The predicted molar refractivity (Wildman–Crippen MR) is 108 cm³/mol. The zero-order valence-electron chi connectivity index (χ0n) is 16.4. The molecule has 0 radical (unpaired) electrons. The van der Waals surface area contributed by atoms with Crippen molar-refractivity contribution in [2.75, 3.05) is 6.61 Å². The highest BCUT2D eigenvalue weighted by atomic mass is 16.5. The third kappa shape index (κ3) is 3.43. The van der Waals surface area contributed by atoms with Gasteiger partial charge in [0.05, 0.1) is 12.8 Å². The van der Waals surface area contributed by atoms with E-state index in [2.05, 4.69) is 24.2 Å². The van der Waals surface area contributed by atoms with Gasteiger partial charge in [-0.1, -0.05) is 79.7 Å². The Bertz CT molecular complexity index is 867. The van der Waals surface area contributed by atoms with E-state index in [0.717, 1.165) is 11.1 Å². The number of ether oxygens (including phenoxy) is 1. The van der Waals surface area contributed by atoms with Gasteiger partial charge in [-0.25, -0.2) is 9.48 Å². The quantitative estimate of drug-likeness (QED) is 0.638. The molecule has 0 aliphatic heterocycles. The number of rotatable bonds is 7. The molecule has 2 aromatic carbocycles. The summed E-state index contributed by atoms with van der Waals surface area (Å²) in [6, 6.07) is 19.6. The van der Waals surface area contributed by atoms with Crippen LogP contribution in [0, 0.1) is 5.92 Å². The largest absolute Gasteiger partial charge is 0.461 e. The summed E-state index contributed by atoms with van der Waals surface area (Å²) in [4.78, 5) is 12.2. The minimum atomic E-state index is -0.825. The van der Waals surface area contributed by atoms with Crippen LogP contribution in [0.15, 0.2) is 66.9 Å². The first kappa shape index (κ1) is 19.8. The van der Waals surface area contributed by atoms with Crippen molar-refractivity contribution in [1.82, 2.24) is 15.0 Å². The van der Waals surface area contributed by atoms with Crippen LogP contribution in [0.2, 0.25) is 0 Å². The van der Waals surface area contributed by atoms with E-state index in [9.17, 15) is 4.79 Å². The monoisotopic (exact) mass is 378 g/mol. The van der Waals surface area contributed by atoms with Crippen molar-refractivity contribution in [3.05, 3.63) is 83.7 Å². The van der Waals surface area contributed by atoms with E-state index in [0.29, 0.717) is 0 Å². The van der Waals surface area contributed by atoms with Crippen LogP contribution in [-0.2, 0) is 10.3 Å². The molecule has 0 saturated heterocycles. The van der Waals surface area contributed by atoms with Crippen molar-refractivity contribution < 1.29 is 9.53 Å². The number of nitrogens with zero attached hydrogens (tertiary/aromatic N) is 3. The number of nitrogens with two attached hydrogens (primary N) is 1. The van der Waals surface area contributed by atoms with Gasteiger partial charge in [0.2, 0.25) is 0 Å². The SMILES string of the molecule is CCOC(=O)c1cn(C(c2ccccc2)(c2ccccc2)[C@@H](N)C(C)C)nn1. The van der Waals surface area contributed by atoms with E-state index in [1.165, 1.54) is 0 Å². The van der Waals surface area contributed by atoms with Crippen molar-refractivity contribution in [2.45, 2.75) is 32.4 Å². The lowest BCUT2D eigenvalue weighted by Gasteiger charge is -2.41. The zero-order valence-corrected chi connectivity index (χ0v) is 16.4. The number of esters is 1. The van der Waals surface area contributed by atoms with Gasteiger partial charge in [0.15, 0.2) is 5.69 Å². The third-order valence-corrected chi connectivity index (χ3v) is 4.97. The van der Waals surface area contributed by atoms with E-state index in [4.69, 9.17) is 10.5 Å². The number of hydrogen-bond donors (Lipinski definition) is 1. The summed E-state index contributed by atoms with van der Waals surface area (Å²) in [7, 11) is 0. The van der Waals surface area contributed by atoms with E-state index in [1.807, 2.05) is 60.7 Å². The summed E-state index contributed by atoms with van der Waals surface area (Å²) in [5.41, 5.74) is 8.12. The Balaban J connectivity index is 2.29. The van der Waals surface area contributed by atoms with Crippen molar-refractivity contribution in [3.63, 3.8) is 0 Å². The molecule has 146 valence electrons. The second-order valence-electron chi connectivity index (χ2n) is 7.04. The molecule has 0 spiro atoms. The number of benzene rings is 2. The molecule has 0 aliphatic rings. The van der Waals surface area contributed by atoms with Crippen molar-refractivity contribution in [3.8, 4) is 0 Å². The maximum absolute atomic E-state index is 12.2. The summed E-state index contributed by atoms with van der Waals surface area (Å²) in [5, 5.41) is 8.41. The number of aromatic nitrogens is 3. The minimum Gasteiger partial charge on any atom is -0.461 e. The number of hydrogen-bond acceptors (Lipinski definition) is 5. The second kappa shape index (κ2) is 8.35. The molecular weight excluding hydrogens is 352 g/mol. The molecule has 1 atom stereocenters. The molecule has 28 heavy (non-hydrogen) atoms. The van der Waals surface area contributed by atoms with Gasteiger partial charge in [0.25, 0.3) is 0 Å². The average molecular weight is 378 g/mol. The zero-order chi connectivity index (χ0) is 20.1. The van der Waals surface area contributed by atoms with Crippen molar-refractivity contribution >= 4 is 5.97 Å². The van der Waals surface area contributed by atoms with Crippen molar-refractivity contribution in [2.24, 2.45) is 11.7 Å². The molecule has 0 saturated carbocycles. The molecule has 1 heterocycles. The number of carbonyl (C=O) groups is 1. The van der Waals surface area contributed by atoms with Gasteiger partial charge in [-0.15, -0.1) is 5.10 Å². The Labute approximate surface area is 165 Å². The first-order chi connectivity index (χ1) is 13.5. The molecule has 1 aromatic heterocycles. The lowest BCUT2D eigenvalue weighted by molar-refractivity contribution is 0.0519. The van der Waals surface area contributed by atoms with Crippen LogP contribution in [0.1, 0.15) is 42.4 Å². The van der Waals surface area contributed by atoms with E-state index >= 15 is 0 Å². The topological polar surface area (TPSA) is 83.0 Å². The second-order valence-corrected chi connectivity index (χ2v) is 7.04. The first-order valence-corrected chi connectivity index (χ1v) is 9.48. The van der Waals surface area contributed by atoms with Gasteiger partial charge in [-0.05, 0) is 24.0 Å². The summed E-state index contributed by atoms with van der Waals surface area (Å²) in [5.74, 6) is -0.363. The maximum Gasteiger partial charge on any atom is 0.360 e. The summed E-state index contributed by atoms with van der Waals surface area (Å²) in [6.07, 6.45) is 1.63. The van der Waals surface area contributed by atoms with Gasteiger partial charge in [0.1, 0.15) is 5.54 Å². The average Bonchev–Trinajstić information content (AvgIpc) is 3.21. The molecular formula is C22H26N4O2. The van der Waals surface area contributed by atoms with Crippen LogP contribution >= 0.6 is 0 Å². The lowest BCUT2D eigenvalue weighted by atomic mass is 9.73. The van der Waals surface area contributed by atoms with Crippen LogP contribution < -0.4 is 5.73 Å². The van der Waals surface area contributed by atoms with Crippen LogP contribution in [0.25, 0.3) is 0 Å². The molecule has 0 fully saturated rings. The highest BCUT2D eigenvalue weighted by molar-refractivity contribution is 5.86. The molecule has 3 aromatic rings. The summed E-state index contributed by atoms with van der Waals surface area (Å²) >= 11 is 0. The Kier molecular flexibility index (Phi) is 5.90.